The lowest BCUT2D eigenvalue weighted by atomic mass is 10.0. The zero-order valence-corrected chi connectivity index (χ0v) is 21.6. The number of carbonyl (C=O) groups excluding carboxylic acids is 1. The van der Waals surface area contributed by atoms with Crippen LogP contribution in [0.2, 0.25) is 0 Å². The molecule has 29 heavy (non-hydrogen) atoms. The lowest BCUT2D eigenvalue weighted by molar-refractivity contribution is -0.122. The first-order valence-electron chi connectivity index (χ1n) is 10.1. The van der Waals surface area contributed by atoms with Crippen molar-refractivity contribution in [3.8, 4) is 0 Å². The predicted molar refractivity (Wildman–Crippen MR) is 134 cm³/mol. The van der Waals surface area contributed by atoms with Gasteiger partial charge in [0.1, 0.15) is 0 Å². The first-order chi connectivity index (χ1) is 12.9. The molecule has 0 aromatic heterocycles. The maximum absolute atomic E-state index is 12.2. The van der Waals surface area contributed by atoms with E-state index in [1.54, 1.807) is 0 Å². The molecule has 0 saturated heterocycles. The highest BCUT2D eigenvalue weighted by Crippen LogP contribution is 2.16. The molecule has 0 heterocycles. The molecular weight excluding hydrogens is 477 g/mol. The second-order valence-electron chi connectivity index (χ2n) is 8.98. The smallest absolute Gasteiger partial charge is 0.240 e. The Morgan fingerprint density at radius 1 is 1.14 bits per heavy atom. The van der Waals surface area contributed by atoms with Crippen molar-refractivity contribution in [3.05, 3.63) is 35.9 Å². The maximum Gasteiger partial charge on any atom is 0.240 e. The number of likely N-dealkylation sites (N-methyl/N-ethyl adjacent to an activating group) is 1. The quantitative estimate of drug-likeness (QED) is 0.280. The van der Waals surface area contributed by atoms with Gasteiger partial charge in [-0.3, -0.25) is 9.79 Å². The molecule has 1 amide bonds. The standard InChI is InChI=1S/C22H39N5O.HI/c1-9-23-20(27(8)15-19(28)26-21(3,4)5)24-16-22(6,7)25-17(2)18-13-11-10-12-14-18;/h10-14,17,25H,9,15-16H2,1-8H3,(H,23,24)(H,26,28);1H. The van der Waals surface area contributed by atoms with Gasteiger partial charge in [0.05, 0.1) is 13.1 Å². The molecule has 0 aliphatic carbocycles. The first-order valence-corrected chi connectivity index (χ1v) is 10.1. The Kier molecular flexibility index (Phi) is 11.8. The van der Waals surface area contributed by atoms with E-state index in [0.29, 0.717) is 6.54 Å². The first kappa shape index (κ1) is 27.6. The van der Waals surface area contributed by atoms with E-state index >= 15 is 0 Å². The van der Waals surface area contributed by atoms with Crippen molar-refractivity contribution in [2.45, 2.75) is 65.6 Å². The molecular formula is C22H40IN5O. The highest BCUT2D eigenvalue weighted by Gasteiger charge is 2.22. The number of amides is 1. The number of benzene rings is 1. The van der Waals surface area contributed by atoms with E-state index in [0.717, 1.165) is 12.5 Å². The monoisotopic (exact) mass is 517 g/mol. The van der Waals surface area contributed by atoms with Crippen LogP contribution in [0.4, 0.5) is 0 Å². The van der Waals surface area contributed by atoms with Gasteiger partial charge in [-0.05, 0) is 54.0 Å². The van der Waals surface area contributed by atoms with E-state index < -0.39 is 0 Å². The van der Waals surface area contributed by atoms with Crippen LogP contribution in [-0.4, -0.2) is 54.5 Å². The Morgan fingerprint density at radius 3 is 2.24 bits per heavy atom. The summed E-state index contributed by atoms with van der Waals surface area (Å²) in [5, 5.41) is 9.91. The van der Waals surface area contributed by atoms with Crippen LogP contribution in [0.15, 0.2) is 35.3 Å². The normalized spacial score (nSPS) is 13.3. The van der Waals surface area contributed by atoms with Crippen molar-refractivity contribution in [1.82, 2.24) is 20.9 Å². The van der Waals surface area contributed by atoms with Gasteiger partial charge in [-0.1, -0.05) is 30.3 Å². The number of hydrogen-bond donors (Lipinski definition) is 3. The predicted octanol–water partition coefficient (Wildman–Crippen LogP) is 3.55. The molecule has 6 nitrogen and oxygen atoms in total. The summed E-state index contributed by atoms with van der Waals surface area (Å²) in [5.74, 6) is 0.712. The van der Waals surface area contributed by atoms with E-state index in [9.17, 15) is 4.79 Å². The number of carbonyl (C=O) groups is 1. The van der Waals surface area contributed by atoms with Crippen LogP contribution in [0.25, 0.3) is 0 Å². The number of guanidine groups is 1. The van der Waals surface area contributed by atoms with Crippen molar-refractivity contribution in [2.24, 2.45) is 4.99 Å². The third-order valence-corrected chi connectivity index (χ3v) is 4.12. The lowest BCUT2D eigenvalue weighted by Gasteiger charge is -2.30. The van der Waals surface area contributed by atoms with E-state index in [2.05, 4.69) is 61.0 Å². The molecule has 0 radical (unpaired) electrons. The Morgan fingerprint density at radius 2 is 1.72 bits per heavy atom. The molecule has 1 atom stereocenters. The largest absolute Gasteiger partial charge is 0.357 e. The Bertz CT molecular complexity index is 640. The van der Waals surface area contributed by atoms with E-state index in [4.69, 9.17) is 4.99 Å². The summed E-state index contributed by atoms with van der Waals surface area (Å²) >= 11 is 0. The molecule has 0 fully saturated rings. The fourth-order valence-electron chi connectivity index (χ4n) is 2.95. The highest BCUT2D eigenvalue weighted by atomic mass is 127. The van der Waals surface area contributed by atoms with Gasteiger partial charge in [0, 0.05) is 30.7 Å². The number of nitrogens with one attached hydrogen (secondary N) is 3. The van der Waals surface area contributed by atoms with Gasteiger partial charge in [0.15, 0.2) is 5.96 Å². The second-order valence-corrected chi connectivity index (χ2v) is 8.98. The fraction of sp³-hybridized carbons (Fsp3) is 0.636. The van der Waals surface area contributed by atoms with Crippen molar-refractivity contribution >= 4 is 35.8 Å². The van der Waals surface area contributed by atoms with E-state index in [1.807, 2.05) is 45.7 Å². The van der Waals surface area contributed by atoms with Crippen molar-refractivity contribution in [2.75, 3.05) is 26.7 Å². The van der Waals surface area contributed by atoms with Gasteiger partial charge in [-0.15, -0.1) is 24.0 Å². The van der Waals surface area contributed by atoms with Crippen LogP contribution in [-0.2, 0) is 4.79 Å². The Labute approximate surface area is 194 Å². The van der Waals surface area contributed by atoms with Crippen LogP contribution in [0.3, 0.4) is 0 Å². The molecule has 1 rings (SSSR count). The van der Waals surface area contributed by atoms with Crippen LogP contribution in [0, 0.1) is 0 Å². The van der Waals surface area contributed by atoms with Crippen LogP contribution >= 0.6 is 24.0 Å². The highest BCUT2D eigenvalue weighted by molar-refractivity contribution is 14.0. The number of halogens is 1. The van der Waals surface area contributed by atoms with Gasteiger partial charge in [-0.25, -0.2) is 0 Å². The third kappa shape index (κ3) is 11.4. The lowest BCUT2D eigenvalue weighted by Crippen LogP contribution is -2.49. The van der Waals surface area contributed by atoms with Crippen molar-refractivity contribution in [3.63, 3.8) is 0 Å². The maximum atomic E-state index is 12.2. The molecule has 1 aromatic carbocycles. The molecule has 1 unspecified atom stereocenters. The van der Waals surface area contributed by atoms with Gasteiger partial charge >= 0.3 is 0 Å². The van der Waals surface area contributed by atoms with Crippen LogP contribution < -0.4 is 16.0 Å². The molecule has 166 valence electrons. The molecule has 0 saturated carbocycles. The number of rotatable bonds is 8. The topological polar surface area (TPSA) is 68.8 Å². The summed E-state index contributed by atoms with van der Waals surface area (Å²) in [6.45, 7) is 16.0. The Balaban J connectivity index is 0.00000784. The summed E-state index contributed by atoms with van der Waals surface area (Å²) in [6.07, 6.45) is 0. The molecule has 0 spiro atoms. The van der Waals surface area contributed by atoms with Gasteiger partial charge in [0.25, 0.3) is 0 Å². The fourth-order valence-corrected chi connectivity index (χ4v) is 2.95. The Hall–Kier alpha value is -1.35. The number of aliphatic imine (C=N–C) groups is 1. The van der Waals surface area contributed by atoms with Gasteiger partial charge < -0.3 is 20.9 Å². The van der Waals surface area contributed by atoms with Crippen LogP contribution in [0.1, 0.15) is 60.1 Å². The summed E-state index contributed by atoms with van der Waals surface area (Å²) in [5.41, 5.74) is 0.819. The van der Waals surface area contributed by atoms with Gasteiger partial charge in [0.2, 0.25) is 5.91 Å². The molecule has 7 heteroatoms. The van der Waals surface area contributed by atoms with Crippen molar-refractivity contribution < 1.29 is 4.79 Å². The number of nitrogens with zero attached hydrogens (tertiary/aromatic N) is 2. The average Bonchev–Trinajstić information content (AvgIpc) is 2.57. The third-order valence-electron chi connectivity index (χ3n) is 4.12. The molecule has 1 aromatic rings. The summed E-state index contributed by atoms with van der Waals surface area (Å²) < 4.78 is 0. The van der Waals surface area contributed by atoms with Gasteiger partial charge in [-0.2, -0.15) is 0 Å². The minimum Gasteiger partial charge on any atom is -0.357 e. The number of hydrogen-bond acceptors (Lipinski definition) is 3. The van der Waals surface area contributed by atoms with E-state index in [-0.39, 0.29) is 53.5 Å². The molecule has 0 bridgehead atoms. The van der Waals surface area contributed by atoms with Crippen molar-refractivity contribution in [1.29, 1.82) is 0 Å². The van der Waals surface area contributed by atoms with E-state index in [1.165, 1.54) is 5.56 Å². The summed E-state index contributed by atoms with van der Waals surface area (Å²) in [7, 11) is 1.89. The SMILES string of the molecule is CCNC(=NCC(C)(C)NC(C)c1ccccc1)N(C)CC(=O)NC(C)(C)C.I. The molecule has 0 aliphatic rings. The zero-order chi connectivity index (χ0) is 21.4. The second kappa shape index (κ2) is 12.4. The minimum absolute atomic E-state index is 0. The average molecular weight is 518 g/mol. The zero-order valence-electron chi connectivity index (χ0n) is 19.3. The summed E-state index contributed by atoms with van der Waals surface area (Å²) in [4.78, 5) is 18.9. The molecule has 0 aliphatic heterocycles. The molecule has 3 N–H and O–H groups in total. The summed E-state index contributed by atoms with van der Waals surface area (Å²) in [6, 6.07) is 10.6. The van der Waals surface area contributed by atoms with Crippen LogP contribution in [0.5, 0.6) is 0 Å². The minimum atomic E-state index is -0.243.